The zero-order valence-corrected chi connectivity index (χ0v) is 36.7. The SMILES string of the molecule is O=C(c1ccc(COc2ccccc2)cc1)C(Cc1ccc(C(=O)C(Cc2ccccc2)Cc2ccccc2)cc1)Cc1ccc(C(=O)C(Cc2ccccc2)Cc2ccccc2)cc1. The van der Waals surface area contributed by atoms with Crippen molar-refractivity contribution in [2.75, 3.05) is 0 Å². The van der Waals surface area contributed by atoms with E-state index in [0.29, 0.717) is 61.8 Å². The summed E-state index contributed by atoms with van der Waals surface area (Å²) in [6.45, 7) is 0.396. The maximum Gasteiger partial charge on any atom is 0.166 e. The summed E-state index contributed by atoms with van der Waals surface area (Å²) >= 11 is 0. The molecule has 4 nitrogen and oxygen atoms in total. The van der Waals surface area contributed by atoms with Crippen LogP contribution in [0.25, 0.3) is 0 Å². The summed E-state index contributed by atoms with van der Waals surface area (Å²) in [4.78, 5) is 42.9. The number of ketones is 3. The van der Waals surface area contributed by atoms with Crippen LogP contribution in [0.4, 0.5) is 0 Å². The number of hydrogen-bond acceptors (Lipinski definition) is 4. The lowest BCUT2D eigenvalue weighted by atomic mass is 9.83. The van der Waals surface area contributed by atoms with Crippen LogP contribution in [-0.4, -0.2) is 17.3 Å². The molecule has 0 aliphatic rings. The second-order valence-corrected chi connectivity index (χ2v) is 17.0. The molecule has 0 atom stereocenters. The first kappa shape index (κ1) is 44.2. The summed E-state index contributed by atoms with van der Waals surface area (Å²) in [5, 5.41) is 0. The minimum Gasteiger partial charge on any atom is -0.489 e. The molecule has 0 aliphatic heterocycles. The predicted molar refractivity (Wildman–Crippen MR) is 262 cm³/mol. The molecule has 0 spiro atoms. The highest BCUT2D eigenvalue weighted by Crippen LogP contribution is 2.26. The van der Waals surface area contributed by atoms with Crippen molar-refractivity contribution in [3.63, 3.8) is 0 Å². The molecule has 0 aromatic heterocycles. The summed E-state index contributed by atoms with van der Waals surface area (Å²) in [6, 6.07) is 73.9. The van der Waals surface area contributed by atoms with Crippen molar-refractivity contribution in [1.29, 1.82) is 0 Å². The van der Waals surface area contributed by atoms with Gasteiger partial charge in [-0.15, -0.1) is 0 Å². The molecular weight excluding hydrogens is 797 g/mol. The fraction of sp³-hybridized carbons (Fsp3) is 0.164. The first-order valence-electron chi connectivity index (χ1n) is 22.7. The van der Waals surface area contributed by atoms with E-state index >= 15 is 0 Å². The van der Waals surface area contributed by atoms with Crippen molar-refractivity contribution in [3.8, 4) is 5.75 Å². The molecule has 0 radical (unpaired) electrons. The van der Waals surface area contributed by atoms with Gasteiger partial charge in [0.25, 0.3) is 0 Å². The molecule has 0 amide bonds. The highest BCUT2D eigenvalue weighted by molar-refractivity contribution is 6.00. The molecule has 322 valence electrons. The third kappa shape index (κ3) is 12.6. The molecule has 4 heteroatoms. The lowest BCUT2D eigenvalue weighted by Crippen LogP contribution is -2.22. The standard InChI is InChI=1S/C61H54O4/c62-59(55(38-45-16-6-1-7-17-45)39-46-18-8-2-9-19-46)52-32-26-49(27-33-52)42-57(61(64)54-36-30-51(31-37-54)44-65-58-24-14-5-15-25-58)43-50-28-34-53(35-29-50)60(63)56(40-47-20-10-3-11-21-47)41-48-22-12-4-13-23-48/h1-37,55-57H,38-44H2. The summed E-state index contributed by atoms with van der Waals surface area (Å²) in [7, 11) is 0. The Bertz CT molecular complexity index is 2490. The van der Waals surface area contributed by atoms with Gasteiger partial charge in [0.15, 0.2) is 17.3 Å². The maximum absolute atomic E-state index is 14.5. The number of rotatable bonds is 21. The van der Waals surface area contributed by atoms with E-state index in [9.17, 15) is 14.4 Å². The van der Waals surface area contributed by atoms with Crippen molar-refractivity contribution < 1.29 is 19.1 Å². The summed E-state index contributed by atoms with van der Waals surface area (Å²) in [5.74, 6) is 0.217. The van der Waals surface area contributed by atoms with Gasteiger partial charge >= 0.3 is 0 Å². The van der Waals surface area contributed by atoms with Gasteiger partial charge in [-0.05, 0) is 89.6 Å². The van der Waals surface area contributed by atoms with Gasteiger partial charge in [-0.1, -0.05) is 212 Å². The smallest absolute Gasteiger partial charge is 0.166 e. The van der Waals surface area contributed by atoms with Gasteiger partial charge in [-0.3, -0.25) is 14.4 Å². The van der Waals surface area contributed by atoms with Crippen LogP contribution in [0, 0.1) is 17.8 Å². The largest absolute Gasteiger partial charge is 0.489 e. The Hall–Kier alpha value is -7.43. The van der Waals surface area contributed by atoms with Crippen LogP contribution in [0.1, 0.15) is 70.0 Å². The number of para-hydroxylation sites is 1. The lowest BCUT2D eigenvalue weighted by Gasteiger charge is -2.19. The number of ether oxygens (including phenoxy) is 1. The second-order valence-electron chi connectivity index (χ2n) is 17.0. The number of carbonyl (C=O) groups is 3. The van der Waals surface area contributed by atoms with E-state index in [4.69, 9.17) is 4.74 Å². The molecule has 0 heterocycles. The molecule has 65 heavy (non-hydrogen) atoms. The zero-order chi connectivity index (χ0) is 44.6. The van der Waals surface area contributed by atoms with E-state index in [-0.39, 0.29) is 29.2 Å². The number of Topliss-reactive ketones (excluding diaryl/α,β-unsaturated/α-hetero) is 3. The fourth-order valence-corrected chi connectivity index (χ4v) is 8.70. The first-order chi connectivity index (χ1) is 31.9. The summed E-state index contributed by atoms with van der Waals surface area (Å²) in [5.41, 5.74) is 9.42. The predicted octanol–water partition coefficient (Wildman–Crippen LogP) is 13.1. The van der Waals surface area contributed by atoms with Crippen LogP contribution in [0.5, 0.6) is 5.75 Å². The topological polar surface area (TPSA) is 60.4 Å². The highest BCUT2D eigenvalue weighted by Gasteiger charge is 2.25. The maximum atomic E-state index is 14.5. The molecule has 0 aliphatic carbocycles. The van der Waals surface area contributed by atoms with E-state index in [1.807, 2.05) is 176 Å². The van der Waals surface area contributed by atoms with Crippen LogP contribution in [0.15, 0.2) is 224 Å². The van der Waals surface area contributed by atoms with Gasteiger partial charge in [-0.25, -0.2) is 0 Å². The van der Waals surface area contributed by atoms with Crippen molar-refractivity contribution in [2.24, 2.45) is 17.8 Å². The average molecular weight is 851 g/mol. The Labute approximate surface area is 383 Å². The normalized spacial score (nSPS) is 11.2. The summed E-state index contributed by atoms with van der Waals surface area (Å²) < 4.78 is 5.97. The Morgan fingerprint density at radius 1 is 0.277 bits per heavy atom. The van der Waals surface area contributed by atoms with Crippen molar-refractivity contribution in [1.82, 2.24) is 0 Å². The van der Waals surface area contributed by atoms with E-state index in [2.05, 4.69) is 48.5 Å². The minimum atomic E-state index is -0.391. The highest BCUT2D eigenvalue weighted by atomic mass is 16.5. The molecule has 8 aromatic rings. The molecule has 0 saturated heterocycles. The molecule has 0 bridgehead atoms. The van der Waals surface area contributed by atoms with Gasteiger partial charge in [0.1, 0.15) is 12.4 Å². The molecular formula is C61H54O4. The number of carbonyl (C=O) groups excluding carboxylic acids is 3. The van der Waals surface area contributed by atoms with Crippen LogP contribution in [0.2, 0.25) is 0 Å². The van der Waals surface area contributed by atoms with Crippen LogP contribution < -0.4 is 4.74 Å². The molecule has 0 unspecified atom stereocenters. The quantitative estimate of drug-likeness (QED) is 0.0676. The van der Waals surface area contributed by atoms with Gasteiger partial charge < -0.3 is 4.74 Å². The minimum absolute atomic E-state index is 0.0393. The number of hydrogen-bond donors (Lipinski definition) is 0. The lowest BCUT2D eigenvalue weighted by molar-refractivity contribution is 0.0909. The van der Waals surface area contributed by atoms with Crippen LogP contribution >= 0.6 is 0 Å². The van der Waals surface area contributed by atoms with Gasteiger partial charge in [0, 0.05) is 34.4 Å². The molecule has 0 fully saturated rings. The van der Waals surface area contributed by atoms with E-state index in [1.54, 1.807) is 0 Å². The third-order valence-corrected chi connectivity index (χ3v) is 12.2. The fourth-order valence-electron chi connectivity index (χ4n) is 8.70. The van der Waals surface area contributed by atoms with Gasteiger partial charge in [-0.2, -0.15) is 0 Å². The van der Waals surface area contributed by atoms with Crippen LogP contribution in [0.3, 0.4) is 0 Å². The van der Waals surface area contributed by atoms with Crippen molar-refractivity contribution in [2.45, 2.75) is 45.1 Å². The Morgan fingerprint density at radius 2 is 0.508 bits per heavy atom. The second kappa shape index (κ2) is 22.3. The zero-order valence-electron chi connectivity index (χ0n) is 36.7. The third-order valence-electron chi connectivity index (χ3n) is 12.2. The van der Waals surface area contributed by atoms with Crippen molar-refractivity contribution >= 4 is 17.3 Å². The average Bonchev–Trinajstić information content (AvgIpc) is 3.36. The van der Waals surface area contributed by atoms with E-state index in [1.165, 1.54) is 0 Å². The van der Waals surface area contributed by atoms with Crippen molar-refractivity contribution in [3.05, 3.63) is 280 Å². The van der Waals surface area contributed by atoms with Crippen LogP contribution in [-0.2, 0) is 45.1 Å². The summed E-state index contributed by atoms with van der Waals surface area (Å²) in [6.07, 6.45) is 3.57. The monoisotopic (exact) mass is 850 g/mol. The molecule has 0 N–H and O–H groups in total. The van der Waals surface area contributed by atoms with Gasteiger partial charge in [0.05, 0.1) is 0 Å². The molecule has 0 saturated carbocycles. The van der Waals surface area contributed by atoms with Gasteiger partial charge in [0.2, 0.25) is 0 Å². The molecule has 8 aromatic carbocycles. The number of benzene rings is 8. The Morgan fingerprint density at radius 3 is 0.785 bits per heavy atom. The Balaban J connectivity index is 1.01. The van der Waals surface area contributed by atoms with E-state index < -0.39 is 5.92 Å². The molecule has 8 rings (SSSR count). The van der Waals surface area contributed by atoms with E-state index in [0.717, 1.165) is 44.7 Å². The Kier molecular flexibility index (Phi) is 15.1. The first-order valence-corrected chi connectivity index (χ1v) is 22.7.